The number of aryl methyl sites for hydroxylation is 2. The van der Waals surface area contributed by atoms with E-state index in [2.05, 4.69) is 61.0 Å². The highest BCUT2D eigenvalue weighted by Crippen LogP contribution is 2.09. The molecule has 0 fully saturated rings. The summed E-state index contributed by atoms with van der Waals surface area (Å²) in [5.74, 6) is 6.36. The molecule has 0 unspecified atom stereocenters. The average molecular weight is 305 g/mol. The minimum Gasteiger partial charge on any atom is -0.248 e. The minimum atomic E-state index is 0.845. The number of pyridine rings is 1. The third-order valence-electron chi connectivity index (χ3n) is 4.00. The molecule has 0 N–H and O–H groups in total. The van der Waals surface area contributed by atoms with Crippen molar-refractivity contribution in [2.75, 3.05) is 0 Å². The Morgan fingerprint density at radius 2 is 1.43 bits per heavy atom. The molecule has 1 aromatic heterocycles. The molecule has 0 atom stereocenters. The quantitative estimate of drug-likeness (QED) is 0.482. The van der Waals surface area contributed by atoms with Crippen molar-refractivity contribution < 1.29 is 0 Å². The highest BCUT2D eigenvalue weighted by Gasteiger charge is 1.95. The van der Waals surface area contributed by atoms with Gasteiger partial charge in [-0.3, -0.25) is 0 Å². The number of benzene rings is 1. The van der Waals surface area contributed by atoms with Crippen molar-refractivity contribution in [1.82, 2.24) is 4.98 Å². The summed E-state index contributed by atoms with van der Waals surface area (Å²) in [6, 6.07) is 12.8. The minimum absolute atomic E-state index is 0.845. The van der Waals surface area contributed by atoms with E-state index in [-0.39, 0.29) is 0 Å². The molecular formula is C22H27N. The van der Waals surface area contributed by atoms with Gasteiger partial charge < -0.3 is 0 Å². The van der Waals surface area contributed by atoms with E-state index in [1.807, 2.05) is 12.3 Å². The molecule has 0 saturated heterocycles. The molecule has 120 valence electrons. The van der Waals surface area contributed by atoms with Crippen LogP contribution >= 0.6 is 0 Å². The first kappa shape index (κ1) is 17.3. The Balaban J connectivity index is 1.93. The molecule has 2 rings (SSSR count). The van der Waals surface area contributed by atoms with Gasteiger partial charge in [-0.1, -0.05) is 57.2 Å². The molecule has 1 heterocycles. The predicted molar refractivity (Wildman–Crippen MR) is 98.5 cm³/mol. The van der Waals surface area contributed by atoms with Crippen molar-refractivity contribution in [3.63, 3.8) is 0 Å². The summed E-state index contributed by atoms with van der Waals surface area (Å²) in [5, 5.41) is 0. The van der Waals surface area contributed by atoms with E-state index in [1.165, 1.54) is 49.7 Å². The molecule has 0 aliphatic heterocycles. The summed E-state index contributed by atoms with van der Waals surface area (Å²) in [5.41, 5.74) is 4.61. The van der Waals surface area contributed by atoms with Crippen LogP contribution in [0.5, 0.6) is 0 Å². The topological polar surface area (TPSA) is 12.9 Å². The summed E-state index contributed by atoms with van der Waals surface area (Å²) >= 11 is 0. The molecule has 0 amide bonds. The van der Waals surface area contributed by atoms with E-state index in [0.717, 1.165) is 17.7 Å². The van der Waals surface area contributed by atoms with Gasteiger partial charge >= 0.3 is 0 Å². The van der Waals surface area contributed by atoms with Crippen LogP contribution in [0.3, 0.4) is 0 Å². The summed E-state index contributed by atoms with van der Waals surface area (Å²) < 4.78 is 0. The van der Waals surface area contributed by atoms with Gasteiger partial charge in [0.25, 0.3) is 0 Å². The smallest absolute Gasteiger partial charge is 0.113 e. The zero-order valence-electron chi connectivity index (χ0n) is 14.4. The maximum atomic E-state index is 4.44. The van der Waals surface area contributed by atoms with Crippen LogP contribution in [-0.2, 0) is 12.8 Å². The monoisotopic (exact) mass is 305 g/mol. The van der Waals surface area contributed by atoms with Crippen molar-refractivity contribution in [2.24, 2.45) is 0 Å². The van der Waals surface area contributed by atoms with E-state index in [9.17, 15) is 0 Å². The molecule has 1 nitrogen and oxygen atoms in total. The zero-order valence-corrected chi connectivity index (χ0v) is 14.4. The molecular weight excluding hydrogens is 278 g/mol. The van der Waals surface area contributed by atoms with Crippen LogP contribution in [0.25, 0.3) is 0 Å². The van der Waals surface area contributed by atoms with E-state index >= 15 is 0 Å². The van der Waals surface area contributed by atoms with Gasteiger partial charge in [0.2, 0.25) is 0 Å². The van der Waals surface area contributed by atoms with Gasteiger partial charge in [-0.2, -0.15) is 0 Å². The molecule has 23 heavy (non-hydrogen) atoms. The molecule has 0 spiro atoms. The Hall–Kier alpha value is -2.07. The molecule has 0 saturated carbocycles. The van der Waals surface area contributed by atoms with Gasteiger partial charge in [-0.25, -0.2) is 4.98 Å². The van der Waals surface area contributed by atoms with E-state index in [1.54, 1.807) is 0 Å². The summed E-state index contributed by atoms with van der Waals surface area (Å²) in [6.45, 7) is 4.45. The van der Waals surface area contributed by atoms with Crippen LogP contribution in [0, 0.1) is 11.8 Å². The molecule has 0 aliphatic carbocycles. The number of hydrogen-bond donors (Lipinski definition) is 0. The molecule has 1 heteroatoms. The van der Waals surface area contributed by atoms with Crippen molar-refractivity contribution in [2.45, 2.75) is 58.8 Å². The first-order chi connectivity index (χ1) is 11.3. The first-order valence-corrected chi connectivity index (χ1v) is 8.87. The average Bonchev–Trinajstić information content (AvgIpc) is 2.60. The SMILES string of the molecule is CCCCCc1ccc(C#Cc2ccc(CCCC)cn2)cc1. The van der Waals surface area contributed by atoms with E-state index in [4.69, 9.17) is 0 Å². The number of aromatic nitrogens is 1. The van der Waals surface area contributed by atoms with Gasteiger partial charge in [-0.05, 0) is 60.9 Å². The van der Waals surface area contributed by atoms with Crippen LogP contribution < -0.4 is 0 Å². The van der Waals surface area contributed by atoms with Crippen LogP contribution in [0.15, 0.2) is 42.6 Å². The molecule has 0 bridgehead atoms. The molecule has 0 radical (unpaired) electrons. The number of hydrogen-bond acceptors (Lipinski definition) is 1. The first-order valence-electron chi connectivity index (χ1n) is 8.87. The second kappa shape index (κ2) is 9.85. The molecule has 1 aromatic carbocycles. The fraction of sp³-hybridized carbons (Fsp3) is 0.409. The van der Waals surface area contributed by atoms with Gasteiger partial charge in [0.05, 0.1) is 0 Å². The van der Waals surface area contributed by atoms with Crippen molar-refractivity contribution >= 4 is 0 Å². The van der Waals surface area contributed by atoms with E-state index in [0.29, 0.717) is 0 Å². The summed E-state index contributed by atoms with van der Waals surface area (Å²) in [6.07, 6.45) is 10.5. The second-order valence-electron chi connectivity index (χ2n) is 6.06. The Bertz CT molecular complexity index is 626. The van der Waals surface area contributed by atoms with Crippen molar-refractivity contribution in [3.8, 4) is 11.8 Å². The van der Waals surface area contributed by atoms with Crippen molar-refractivity contribution in [1.29, 1.82) is 0 Å². The van der Waals surface area contributed by atoms with Crippen LogP contribution in [0.1, 0.15) is 68.3 Å². The highest BCUT2D eigenvalue weighted by molar-refractivity contribution is 5.41. The van der Waals surface area contributed by atoms with Crippen LogP contribution in [0.2, 0.25) is 0 Å². The lowest BCUT2D eigenvalue weighted by Crippen LogP contribution is -1.89. The Morgan fingerprint density at radius 1 is 0.739 bits per heavy atom. The fourth-order valence-electron chi connectivity index (χ4n) is 2.50. The predicted octanol–water partition coefficient (Wildman–Crippen LogP) is 5.56. The van der Waals surface area contributed by atoms with Gasteiger partial charge in [0, 0.05) is 11.8 Å². The Labute approximate surface area is 141 Å². The summed E-state index contributed by atoms with van der Waals surface area (Å²) in [4.78, 5) is 4.44. The largest absolute Gasteiger partial charge is 0.248 e. The lowest BCUT2D eigenvalue weighted by molar-refractivity contribution is 0.717. The highest BCUT2D eigenvalue weighted by atomic mass is 14.7. The van der Waals surface area contributed by atoms with Gasteiger partial charge in [-0.15, -0.1) is 0 Å². The van der Waals surface area contributed by atoms with Crippen LogP contribution in [0.4, 0.5) is 0 Å². The number of unbranched alkanes of at least 4 members (excludes halogenated alkanes) is 3. The third kappa shape index (κ3) is 6.28. The maximum absolute atomic E-state index is 4.44. The zero-order chi connectivity index (χ0) is 16.3. The molecule has 0 aliphatic rings. The molecule has 2 aromatic rings. The third-order valence-corrected chi connectivity index (χ3v) is 4.00. The normalized spacial score (nSPS) is 10.2. The Morgan fingerprint density at radius 3 is 2.09 bits per heavy atom. The van der Waals surface area contributed by atoms with E-state index < -0.39 is 0 Å². The second-order valence-corrected chi connectivity index (χ2v) is 6.06. The van der Waals surface area contributed by atoms with Crippen LogP contribution in [-0.4, -0.2) is 4.98 Å². The number of rotatable bonds is 7. The van der Waals surface area contributed by atoms with Gasteiger partial charge in [0.15, 0.2) is 0 Å². The lowest BCUT2D eigenvalue weighted by atomic mass is 10.1. The lowest BCUT2D eigenvalue weighted by Gasteiger charge is -2.00. The maximum Gasteiger partial charge on any atom is 0.113 e. The van der Waals surface area contributed by atoms with Crippen molar-refractivity contribution in [3.05, 3.63) is 65.0 Å². The fourth-order valence-corrected chi connectivity index (χ4v) is 2.50. The Kier molecular flexibility index (Phi) is 7.40. The number of nitrogens with zero attached hydrogens (tertiary/aromatic N) is 1. The van der Waals surface area contributed by atoms with Gasteiger partial charge in [0.1, 0.15) is 5.69 Å². The standard InChI is InChI=1S/C22H27N/c1-3-5-7-9-19-10-12-20(13-11-19)14-16-22-17-15-21(18-23-22)8-6-4-2/h10-13,15,17-18H,3-9H2,1-2H3. The summed E-state index contributed by atoms with van der Waals surface area (Å²) in [7, 11) is 0.